The minimum atomic E-state index is -0.113. The van der Waals surface area contributed by atoms with E-state index in [-0.39, 0.29) is 36.5 Å². The summed E-state index contributed by atoms with van der Waals surface area (Å²) in [6, 6.07) is 7.67. The summed E-state index contributed by atoms with van der Waals surface area (Å²) < 4.78 is 5.65. The van der Waals surface area contributed by atoms with Gasteiger partial charge >= 0.3 is 0 Å². The van der Waals surface area contributed by atoms with Crippen molar-refractivity contribution in [2.45, 2.75) is 65.1 Å². The zero-order chi connectivity index (χ0) is 19.8. The highest BCUT2D eigenvalue weighted by molar-refractivity contribution is 5.94. The van der Waals surface area contributed by atoms with E-state index in [9.17, 15) is 9.59 Å². The van der Waals surface area contributed by atoms with Gasteiger partial charge < -0.3 is 20.3 Å². The lowest BCUT2D eigenvalue weighted by Crippen LogP contribution is -2.49. The third kappa shape index (κ3) is 6.24. The molecule has 1 heterocycles. The molecule has 150 valence electrons. The van der Waals surface area contributed by atoms with E-state index in [0.29, 0.717) is 17.9 Å². The van der Waals surface area contributed by atoms with Crippen LogP contribution in [0.4, 0.5) is 0 Å². The van der Waals surface area contributed by atoms with Gasteiger partial charge in [0.15, 0.2) is 6.61 Å². The number of piperidine rings is 1. The summed E-state index contributed by atoms with van der Waals surface area (Å²) in [5.74, 6) is 0.505. The van der Waals surface area contributed by atoms with Crippen LogP contribution in [0.15, 0.2) is 24.3 Å². The number of ether oxygens (including phenoxy) is 1. The maximum atomic E-state index is 12.5. The van der Waals surface area contributed by atoms with Crippen molar-refractivity contribution in [3.05, 3.63) is 29.8 Å². The van der Waals surface area contributed by atoms with Crippen molar-refractivity contribution in [3.63, 3.8) is 0 Å². The summed E-state index contributed by atoms with van der Waals surface area (Å²) in [6.45, 7) is 9.73. The number of likely N-dealkylation sites (N-methyl/N-ethyl adjacent to an activating group) is 1. The Morgan fingerprint density at radius 2 is 1.81 bits per heavy atom. The van der Waals surface area contributed by atoms with Gasteiger partial charge in [-0.3, -0.25) is 9.59 Å². The van der Waals surface area contributed by atoms with E-state index in [4.69, 9.17) is 4.74 Å². The molecule has 1 aliphatic rings. The molecule has 2 amide bonds. The van der Waals surface area contributed by atoms with Crippen LogP contribution in [0.25, 0.3) is 0 Å². The van der Waals surface area contributed by atoms with Crippen molar-refractivity contribution in [2.75, 3.05) is 19.7 Å². The fourth-order valence-corrected chi connectivity index (χ4v) is 3.60. The third-order valence-corrected chi connectivity index (χ3v) is 5.08. The van der Waals surface area contributed by atoms with Gasteiger partial charge in [0.25, 0.3) is 11.8 Å². The molecule has 1 aliphatic heterocycles. The molecule has 0 bridgehead atoms. The standard InChI is InChI=1S/C21H33N3O3/c1-5-22-15(2)13-23-21(26)18-9-11-19(12-10-18)27-14-20(25)24-16(3)7-6-8-17(24)4/h9-12,15-17,22H,5-8,13-14H2,1-4H3,(H,23,26)/t15-,16?,17?/m1/s1. The largest absolute Gasteiger partial charge is 0.484 e. The fraction of sp³-hybridized carbons (Fsp3) is 0.619. The zero-order valence-corrected chi connectivity index (χ0v) is 17.0. The highest BCUT2D eigenvalue weighted by atomic mass is 16.5. The maximum Gasteiger partial charge on any atom is 0.260 e. The molecule has 0 radical (unpaired) electrons. The number of likely N-dealkylation sites (tertiary alicyclic amines) is 1. The summed E-state index contributed by atoms with van der Waals surface area (Å²) in [6.07, 6.45) is 3.27. The van der Waals surface area contributed by atoms with Gasteiger partial charge in [-0.2, -0.15) is 0 Å². The Labute approximate surface area is 162 Å². The van der Waals surface area contributed by atoms with E-state index in [2.05, 4.69) is 24.5 Å². The first-order valence-corrected chi connectivity index (χ1v) is 9.98. The highest BCUT2D eigenvalue weighted by Crippen LogP contribution is 2.23. The van der Waals surface area contributed by atoms with E-state index in [0.717, 1.165) is 19.4 Å². The topological polar surface area (TPSA) is 70.7 Å². The average Bonchev–Trinajstić information content (AvgIpc) is 2.65. The molecule has 0 spiro atoms. The van der Waals surface area contributed by atoms with E-state index in [1.807, 2.05) is 18.7 Å². The Balaban J connectivity index is 1.83. The molecule has 6 nitrogen and oxygen atoms in total. The Morgan fingerprint density at radius 3 is 2.41 bits per heavy atom. The molecule has 6 heteroatoms. The van der Waals surface area contributed by atoms with Gasteiger partial charge in [-0.05, 0) is 70.8 Å². The monoisotopic (exact) mass is 375 g/mol. The SMILES string of the molecule is CCN[C@H](C)CNC(=O)c1ccc(OCC(=O)N2C(C)CCCC2C)cc1. The predicted octanol–water partition coefficient (Wildman–Crippen LogP) is 2.58. The van der Waals surface area contributed by atoms with Gasteiger partial charge in [-0.15, -0.1) is 0 Å². The van der Waals surface area contributed by atoms with E-state index < -0.39 is 0 Å². The van der Waals surface area contributed by atoms with Crippen LogP contribution in [-0.4, -0.2) is 54.5 Å². The number of carbonyl (C=O) groups excluding carboxylic acids is 2. The van der Waals surface area contributed by atoms with Crippen LogP contribution in [0.1, 0.15) is 57.3 Å². The van der Waals surface area contributed by atoms with Crippen LogP contribution in [0.5, 0.6) is 5.75 Å². The average molecular weight is 376 g/mol. The van der Waals surface area contributed by atoms with Crippen LogP contribution in [0, 0.1) is 0 Å². The minimum Gasteiger partial charge on any atom is -0.484 e. The number of hydrogen-bond donors (Lipinski definition) is 2. The Morgan fingerprint density at radius 1 is 1.19 bits per heavy atom. The quantitative estimate of drug-likeness (QED) is 0.733. The van der Waals surface area contributed by atoms with Crippen molar-refractivity contribution in [3.8, 4) is 5.75 Å². The van der Waals surface area contributed by atoms with E-state index >= 15 is 0 Å². The predicted molar refractivity (Wildman–Crippen MR) is 107 cm³/mol. The molecule has 1 aromatic carbocycles. The molecule has 0 saturated carbocycles. The second-order valence-corrected chi connectivity index (χ2v) is 7.41. The molecular weight excluding hydrogens is 342 g/mol. The molecule has 2 N–H and O–H groups in total. The summed E-state index contributed by atoms with van der Waals surface area (Å²) in [4.78, 5) is 26.6. The molecule has 1 aromatic rings. The lowest BCUT2D eigenvalue weighted by molar-refractivity contribution is -0.139. The lowest BCUT2D eigenvalue weighted by Gasteiger charge is -2.38. The molecule has 2 unspecified atom stereocenters. The van der Waals surface area contributed by atoms with Gasteiger partial charge in [0.2, 0.25) is 0 Å². The van der Waals surface area contributed by atoms with Crippen molar-refractivity contribution in [1.82, 2.24) is 15.5 Å². The Bertz CT molecular complexity index is 608. The van der Waals surface area contributed by atoms with Gasteiger partial charge in [0.1, 0.15) is 5.75 Å². The van der Waals surface area contributed by atoms with Crippen molar-refractivity contribution in [2.24, 2.45) is 0 Å². The second kappa shape index (κ2) is 10.3. The van der Waals surface area contributed by atoms with E-state index in [1.165, 1.54) is 6.42 Å². The first-order valence-electron chi connectivity index (χ1n) is 9.98. The minimum absolute atomic E-state index is 0.0222. The lowest BCUT2D eigenvalue weighted by atomic mass is 9.97. The number of nitrogens with one attached hydrogen (secondary N) is 2. The number of benzene rings is 1. The molecule has 1 fully saturated rings. The van der Waals surface area contributed by atoms with Gasteiger partial charge in [0, 0.05) is 30.2 Å². The molecule has 0 aromatic heterocycles. The highest BCUT2D eigenvalue weighted by Gasteiger charge is 2.28. The number of nitrogens with zero attached hydrogens (tertiary/aromatic N) is 1. The molecule has 0 aliphatic carbocycles. The molecular formula is C21H33N3O3. The smallest absolute Gasteiger partial charge is 0.260 e. The number of hydrogen-bond acceptors (Lipinski definition) is 4. The second-order valence-electron chi connectivity index (χ2n) is 7.41. The number of carbonyl (C=O) groups is 2. The number of amides is 2. The Hall–Kier alpha value is -2.08. The van der Waals surface area contributed by atoms with Gasteiger partial charge in [-0.1, -0.05) is 6.92 Å². The van der Waals surface area contributed by atoms with Crippen LogP contribution in [0.2, 0.25) is 0 Å². The first kappa shape index (κ1) is 21.2. The Kier molecular flexibility index (Phi) is 8.10. The fourth-order valence-electron chi connectivity index (χ4n) is 3.60. The first-order chi connectivity index (χ1) is 12.9. The van der Waals surface area contributed by atoms with Crippen LogP contribution >= 0.6 is 0 Å². The van der Waals surface area contributed by atoms with Crippen molar-refractivity contribution < 1.29 is 14.3 Å². The zero-order valence-electron chi connectivity index (χ0n) is 17.0. The number of rotatable bonds is 8. The van der Waals surface area contributed by atoms with Crippen LogP contribution in [-0.2, 0) is 4.79 Å². The summed E-state index contributed by atoms with van der Waals surface area (Å²) in [7, 11) is 0. The van der Waals surface area contributed by atoms with Crippen LogP contribution in [0.3, 0.4) is 0 Å². The third-order valence-electron chi connectivity index (χ3n) is 5.08. The van der Waals surface area contributed by atoms with Crippen molar-refractivity contribution in [1.29, 1.82) is 0 Å². The molecule has 3 atom stereocenters. The van der Waals surface area contributed by atoms with Gasteiger partial charge in [0.05, 0.1) is 0 Å². The van der Waals surface area contributed by atoms with Gasteiger partial charge in [-0.25, -0.2) is 0 Å². The molecule has 1 saturated heterocycles. The summed E-state index contributed by atoms with van der Waals surface area (Å²) in [5, 5.41) is 6.15. The van der Waals surface area contributed by atoms with Crippen LogP contribution < -0.4 is 15.4 Å². The summed E-state index contributed by atoms with van der Waals surface area (Å²) in [5.41, 5.74) is 0.579. The maximum absolute atomic E-state index is 12.5. The van der Waals surface area contributed by atoms with Crippen molar-refractivity contribution >= 4 is 11.8 Å². The molecule has 2 rings (SSSR count). The summed E-state index contributed by atoms with van der Waals surface area (Å²) >= 11 is 0. The normalized spacial score (nSPS) is 20.8. The van der Waals surface area contributed by atoms with E-state index in [1.54, 1.807) is 24.3 Å². The molecule has 27 heavy (non-hydrogen) atoms.